The molecule has 3 unspecified atom stereocenters. The van der Waals surface area contributed by atoms with E-state index in [1.54, 1.807) is 23.9 Å². The van der Waals surface area contributed by atoms with Crippen LogP contribution in [0.15, 0.2) is 53.7 Å². The molecule has 1 saturated heterocycles. The summed E-state index contributed by atoms with van der Waals surface area (Å²) in [6.07, 6.45) is -0.138. The molecule has 12 heteroatoms. The number of aryl methyl sites for hydroxylation is 1. The lowest BCUT2D eigenvalue weighted by molar-refractivity contribution is -0.245. The van der Waals surface area contributed by atoms with E-state index in [1.165, 1.54) is 11.8 Å². The number of anilines is 1. The lowest BCUT2D eigenvalue weighted by Gasteiger charge is -2.36. The minimum atomic E-state index is -0.926. The van der Waals surface area contributed by atoms with E-state index < -0.39 is 12.3 Å². The molecule has 1 amide bonds. The summed E-state index contributed by atoms with van der Waals surface area (Å²) >= 11 is 1.50. The van der Waals surface area contributed by atoms with E-state index in [1.807, 2.05) is 36.4 Å². The average Bonchev–Trinajstić information content (AvgIpc) is 3.31. The van der Waals surface area contributed by atoms with Gasteiger partial charge in [-0.2, -0.15) is 0 Å². The molecule has 0 aliphatic carbocycles. The van der Waals surface area contributed by atoms with Gasteiger partial charge in [0.05, 0.1) is 18.8 Å². The fraction of sp³-hybridized carbons (Fsp3) is 0.400. The third-order valence-electron chi connectivity index (χ3n) is 5.83. The second-order valence-electron chi connectivity index (χ2n) is 8.67. The fourth-order valence-electron chi connectivity index (χ4n) is 3.92. The Kier molecular flexibility index (Phi) is 9.23. The van der Waals surface area contributed by atoms with Crippen LogP contribution in [0.1, 0.15) is 54.8 Å². The first-order valence-corrected chi connectivity index (χ1v) is 12.9. The number of aliphatic hydroxyl groups excluding tert-OH is 1. The van der Waals surface area contributed by atoms with E-state index in [9.17, 15) is 14.7 Å². The van der Waals surface area contributed by atoms with Crippen molar-refractivity contribution in [1.82, 2.24) is 20.2 Å². The van der Waals surface area contributed by atoms with Crippen molar-refractivity contribution >= 4 is 29.3 Å². The standard InChI is InChI=1S/C25H29N5O6S/c1-30-25(27-28-29-30)37-15-20-13-21(17-10-8-16(14-31)9-11-17)36-24(35-20)18-4-2-5-19(12-18)26-22(32)6-3-7-23(33)34/h2,4-5,8-12,20-21,24,31H,3,6-7,13-15H2,1H3,(H,26,32)(H,33,34). The lowest BCUT2D eigenvalue weighted by atomic mass is 10.0. The second-order valence-corrected chi connectivity index (χ2v) is 9.65. The number of amides is 1. The molecular formula is C25H29N5O6S. The number of tetrazole rings is 1. The number of rotatable bonds is 11. The summed E-state index contributed by atoms with van der Waals surface area (Å²) in [6, 6.07) is 14.9. The molecule has 4 rings (SSSR count). The Hall–Kier alpha value is -3.32. The molecule has 11 nitrogen and oxygen atoms in total. The molecule has 3 N–H and O–H groups in total. The number of ether oxygens (including phenoxy) is 2. The average molecular weight is 528 g/mol. The molecular weight excluding hydrogens is 498 g/mol. The monoisotopic (exact) mass is 527 g/mol. The molecule has 1 aliphatic rings. The van der Waals surface area contributed by atoms with Gasteiger partial charge in [-0.05, 0) is 40.1 Å². The van der Waals surface area contributed by atoms with Crippen molar-refractivity contribution in [3.05, 3.63) is 65.2 Å². The number of carboxylic acids is 1. The maximum atomic E-state index is 12.2. The summed E-state index contributed by atoms with van der Waals surface area (Å²) in [7, 11) is 1.78. The van der Waals surface area contributed by atoms with Crippen LogP contribution in [0.2, 0.25) is 0 Å². The molecule has 0 saturated carbocycles. The van der Waals surface area contributed by atoms with Crippen molar-refractivity contribution in [2.75, 3.05) is 11.1 Å². The summed E-state index contributed by atoms with van der Waals surface area (Å²) in [5.41, 5.74) is 3.12. The van der Waals surface area contributed by atoms with Crippen molar-refractivity contribution in [3.8, 4) is 0 Å². The predicted molar refractivity (Wildman–Crippen MR) is 135 cm³/mol. The summed E-state index contributed by atoms with van der Waals surface area (Å²) in [6.45, 7) is -0.0304. The number of nitrogens with zero attached hydrogens (tertiary/aromatic N) is 4. The van der Waals surface area contributed by atoms with E-state index in [0.29, 0.717) is 23.0 Å². The molecule has 1 aromatic heterocycles. The Morgan fingerprint density at radius 2 is 1.95 bits per heavy atom. The maximum absolute atomic E-state index is 12.2. The van der Waals surface area contributed by atoms with Crippen LogP contribution < -0.4 is 5.32 Å². The zero-order valence-corrected chi connectivity index (χ0v) is 21.1. The van der Waals surface area contributed by atoms with E-state index in [2.05, 4.69) is 20.8 Å². The SMILES string of the molecule is Cn1nnnc1SCC1CC(c2ccc(CO)cc2)OC(c2cccc(NC(=O)CCCC(=O)O)c2)O1. The van der Waals surface area contributed by atoms with Gasteiger partial charge in [0.2, 0.25) is 11.1 Å². The van der Waals surface area contributed by atoms with E-state index in [0.717, 1.165) is 16.7 Å². The molecule has 1 aliphatic heterocycles. The highest BCUT2D eigenvalue weighted by molar-refractivity contribution is 7.99. The number of carbonyl (C=O) groups is 2. The molecule has 3 atom stereocenters. The van der Waals surface area contributed by atoms with Gasteiger partial charge in [0.25, 0.3) is 0 Å². The number of thioether (sulfide) groups is 1. The fourth-order valence-corrected chi connectivity index (χ4v) is 4.79. The highest BCUT2D eigenvalue weighted by Gasteiger charge is 2.32. The number of aromatic nitrogens is 4. The minimum absolute atomic E-state index is 0.0304. The normalized spacial score (nSPS) is 19.5. The number of benzene rings is 2. The molecule has 2 aromatic carbocycles. The van der Waals surface area contributed by atoms with Gasteiger partial charge >= 0.3 is 5.97 Å². The van der Waals surface area contributed by atoms with Gasteiger partial charge in [-0.1, -0.05) is 48.2 Å². The molecule has 0 bridgehead atoms. The van der Waals surface area contributed by atoms with Crippen molar-refractivity contribution < 1.29 is 29.3 Å². The number of aliphatic hydroxyl groups is 1. The van der Waals surface area contributed by atoms with Gasteiger partial charge in [-0.3, -0.25) is 9.59 Å². The Labute approximate surface area is 218 Å². The van der Waals surface area contributed by atoms with Gasteiger partial charge in [-0.25, -0.2) is 4.68 Å². The van der Waals surface area contributed by atoms with Gasteiger partial charge in [0.1, 0.15) is 0 Å². The Morgan fingerprint density at radius 1 is 1.14 bits per heavy atom. The number of aliphatic carboxylic acids is 1. The van der Waals surface area contributed by atoms with E-state index >= 15 is 0 Å². The van der Waals surface area contributed by atoms with Gasteiger partial charge < -0.3 is 25.0 Å². The van der Waals surface area contributed by atoms with Gasteiger partial charge in [0, 0.05) is 43.3 Å². The first kappa shape index (κ1) is 26.7. The van der Waals surface area contributed by atoms with Crippen LogP contribution in [0.5, 0.6) is 0 Å². The van der Waals surface area contributed by atoms with Crippen LogP contribution >= 0.6 is 11.8 Å². The summed E-state index contributed by atoms with van der Waals surface area (Å²) in [5.74, 6) is -0.568. The van der Waals surface area contributed by atoms with Crippen molar-refractivity contribution in [2.45, 2.75) is 55.9 Å². The summed E-state index contributed by atoms with van der Waals surface area (Å²) in [4.78, 5) is 22.9. The third kappa shape index (κ3) is 7.59. The first-order valence-electron chi connectivity index (χ1n) is 11.9. The van der Waals surface area contributed by atoms with Crippen LogP contribution in [0.3, 0.4) is 0 Å². The smallest absolute Gasteiger partial charge is 0.303 e. The summed E-state index contributed by atoms with van der Waals surface area (Å²) in [5, 5.41) is 33.2. The second kappa shape index (κ2) is 12.8. The van der Waals surface area contributed by atoms with Crippen molar-refractivity contribution in [3.63, 3.8) is 0 Å². The third-order valence-corrected chi connectivity index (χ3v) is 6.97. The van der Waals surface area contributed by atoms with Crippen LogP contribution in [-0.2, 0) is 32.7 Å². The minimum Gasteiger partial charge on any atom is -0.481 e. The lowest BCUT2D eigenvalue weighted by Crippen LogP contribution is -2.31. The largest absolute Gasteiger partial charge is 0.481 e. The van der Waals surface area contributed by atoms with Crippen LogP contribution in [0, 0.1) is 0 Å². The summed E-state index contributed by atoms with van der Waals surface area (Å²) < 4.78 is 14.3. The number of hydrogen-bond donors (Lipinski definition) is 3. The van der Waals surface area contributed by atoms with E-state index in [-0.39, 0.29) is 44.0 Å². The molecule has 2 heterocycles. The predicted octanol–water partition coefficient (Wildman–Crippen LogP) is 3.23. The van der Waals surface area contributed by atoms with Crippen LogP contribution in [0.25, 0.3) is 0 Å². The topological polar surface area (TPSA) is 149 Å². The van der Waals surface area contributed by atoms with Crippen molar-refractivity contribution in [2.24, 2.45) is 7.05 Å². The Bertz CT molecular complexity index is 1200. The van der Waals surface area contributed by atoms with E-state index in [4.69, 9.17) is 14.6 Å². The molecule has 37 heavy (non-hydrogen) atoms. The Balaban J connectivity index is 1.48. The molecule has 196 valence electrons. The number of carboxylic acid groups (broad SMARTS) is 1. The van der Waals surface area contributed by atoms with Gasteiger partial charge in [0.15, 0.2) is 6.29 Å². The molecule has 0 spiro atoms. The molecule has 3 aromatic rings. The molecule has 0 radical (unpaired) electrons. The number of nitrogens with one attached hydrogen (secondary N) is 1. The Morgan fingerprint density at radius 3 is 2.65 bits per heavy atom. The van der Waals surface area contributed by atoms with Crippen molar-refractivity contribution in [1.29, 1.82) is 0 Å². The highest BCUT2D eigenvalue weighted by atomic mass is 32.2. The van der Waals surface area contributed by atoms with Crippen LogP contribution in [-0.4, -0.2) is 54.2 Å². The zero-order chi connectivity index (χ0) is 26.2. The van der Waals surface area contributed by atoms with Crippen LogP contribution in [0.4, 0.5) is 5.69 Å². The highest BCUT2D eigenvalue weighted by Crippen LogP contribution is 2.39. The quantitative estimate of drug-likeness (QED) is 0.317. The maximum Gasteiger partial charge on any atom is 0.303 e. The molecule has 1 fully saturated rings. The zero-order valence-electron chi connectivity index (χ0n) is 20.3. The number of carbonyl (C=O) groups excluding carboxylic acids is 1. The number of hydrogen-bond acceptors (Lipinski definition) is 9. The first-order chi connectivity index (χ1) is 17.9. The van der Waals surface area contributed by atoms with Gasteiger partial charge in [-0.15, -0.1) is 5.10 Å².